The molecule has 1 aliphatic carbocycles. The second-order valence-electron chi connectivity index (χ2n) is 6.97. The summed E-state index contributed by atoms with van der Waals surface area (Å²) in [5.74, 6) is -0.873. The molecule has 1 aromatic rings. The number of aryl methyl sites for hydroxylation is 1. The summed E-state index contributed by atoms with van der Waals surface area (Å²) in [6.07, 6.45) is 2.23. The SMILES string of the molecule is Cc1cc2c(cc1[C@H](C)N)[C@@](C)(C(=O)O)[C@@H](CCCB(O)O)C2. The van der Waals surface area contributed by atoms with Crippen LogP contribution in [-0.2, 0) is 16.6 Å². The molecule has 0 saturated heterocycles. The summed E-state index contributed by atoms with van der Waals surface area (Å²) in [6, 6.07) is 3.89. The predicted octanol–water partition coefficient (Wildman–Crippen LogP) is 1.78. The molecule has 5 nitrogen and oxygen atoms in total. The highest BCUT2D eigenvalue weighted by molar-refractivity contribution is 6.40. The molecule has 0 unspecified atom stereocenters. The Kier molecular flexibility index (Phi) is 5.18. The first kappa shape index (κ1) is 18.0. The van der Waals surface area contributed by atoms with E-state index in [2.05, 4.69) is 6.07 Å². The van der Waals surface area contributed by atoms with Crippen molar-refractivity contribution in [2.75, 3.05) is 0 Å². The van der Waals surface area contributed by atoms with E-state index in [1.54, 1.807) is 6.92 Å². The third kappa shape index (κ3) is 3.29. The number of nitrogens with two attached hydrogens (primary N) is 1. The van der Waals surface area contributed by atoms with E-state index in [1.165, 1.54) is 0 Å². The van der Waals surface area contributed by atoms with Gasteiger partial charge in [-0.25, -0.2) is 0 Å². The standard InChI is InChI=1S/C17H26BNO4/c1-10-7-12-8-13(5-4-6-18(22)23)17(3,16(20)21)15(12)9-14(10)11(2)19/h7,9,11,13,22-23H,4-6,8,19H2,1-3H3,(H,20,21)/t11-,13-,17-/m0/s1. The summed E-state index contributed by atoms with van der Waals surface area (Å²) in [7, 11) is -1.33. The van der Waals surface area contributed by atoms with Gasteiger partial charge in [0.2, 0.25) is 0 Å². The zero-order valence-electron chi connectivity index (χ0n) is 14.0. The van der Waals surface area contributed by atoms with Gasteiger partial charge in [0.1, 0.15) is 0 Å². The lowest BCUT2D eigenvalue weighted by atomic mass is 9.72. The van der Waals surface area contributed by atoms with E-state index in [0.29, 0.717) is 19.3 Å². The van der Waals surface area contributed by atoms with Crippen molar-refractivity contribution in [2.24, 2.45) is 11.7 Å². The van der Waals surface area contributed by atoms with Crippen LogP contribution in [0.4, 0.5) is 0 Å². The van der Waals surface area contributed by atoms with Crippen molar-refractivity contribution in [1.82, 2.24) is 0 Å². The second-order valence-corrected chi connectivity index (χ2v) is 6.97. The molecule has 0 heterocycles. The van der Waals surface area contributed by atoms with E-state index in [0.717, 1.165) is 22.3 Å². The van der Waals surface area contributed by atoms with Crippen LogP contribution < -0.4 is 5.73 Å². The van der Waals surface area contributed by atoms with Crippen LogP contribution >= 0.6 is 0 Å². The van der Waals surface area contributed by atoms with Gasteiger partial charge in [0.05, 0.1) is 5.41 Å². The number of hydrogen-bond acceptors (Lipinski definition) is 4. The topological polar surface area (TPSA) is 104 Å². The summed E-state index contributed by atoms with van der Waals surface area (Å²) >= 11 is 0. The van der Waals surface area contributed by atoms with Crippen LogP contribution in [0.15, 0.2) is 12.1 Å². The molecule has 126 valence electrons. The Morgan fingerprint density at radius 3 is 2.65 bits per heavy atom. The lowest BCUT2D eigenvalue weighted by molar-refractivity contribution is -0.145. The molecule has 0 radical (unpaired) electrons. The van der Waals surface area contributed by atoms with Crippen molar-refractivity contribution in [3.63, 3.8) is 0 Å². The average molecular weight is 319 g/mol. The van der Waals surface area contributed by atoms with Crippen molar-refractivity contribution >= 4 is 13.1 Å². The monoisotopic (exact) mass is 319 g/mol. The van der Waals surface area contributed by atoms with Gasteiger partial charge in [-0.2, -0.15) is 0 Å². The number of hydrogen-bond donors (Lipinski definition) is 4. The lowest BCUT2D eigenvalue weighted by Crippen LogP contribution is -2.37. The number of carboxylic acid groups (broad SMARTS) is 1. The largest absolute Gasteiger partial charge is 0.481 e. The smallest absolute Gasteiger partial charge is 0.451 e. The molecule has 2 rings (SSSR count). The first-order chi connectivity index (χ1) is 10.7. The van der Waals surface area contributed by atoms with Crippen LogP contribution in [0.5, 0.6) is 0 Å². The van der Waals surface area contributed by atoms with Gasteiger partial charge in [0.25, 0.3) is 0 Å². The molecule has 0 amide bonds. The summed E-state index contributed by atoms with van der Waals surface area (Å²) in [4.78, 5) is 12.0. The van der Waals surface area contributed by atoms with Crippen molar-refractivity contribution in [3.05, 3.63) is 34.4 Å². The van der Waals surface area contributed by atoms with Gasteiger partial charge in [0, 0.05) is 6.04 Å². The Hall–Kier alpha value is -1.37. The second kappa shape index (κ2) is 6.63. The first-order valence-corrected chi connectivity index (χ1v) is 8.17. The molecule has 0 aromatic heterocycles. The zero-order valence-corrected chi connectivity index (χ0v) is 14.0. The first-order valence-electron chi connectivity index (χ1n) is 8.17. The van der Waals surface area contributed by atoms with Crippen LogP contribution in [0.25, 0.3) is 0 Å². The van der Waals surface area contributed by atoms with E-state index in [4.69, 9.17) is 15.8 Å². The number of aliphatic carboxylic acids is 1. The molecule has 3 atom stereocenters. The van der Waals surface area contributed by atoms with Crippen molar-refractivity contribution in [1.29, 1.82) is 0 Å². The molecule has 0 spiro atoms. The molecule has 5 N–H and O–H groups in total. The highest BCUT2D eigenvalue weighted by Gasteiger charge is 2.48. The fourth-order valence-corrected chi connectivity index (χ4v) is 3.84. The Morgan fingerprint density at radius 1 is 1.48 bits per heavy atom. The highest BCUT2D eigenvalue weighted by atomic mass is 16.4. The minimum absolute atomic E-state index is 0.0449. The molecule has 1 aliphatic rings. The molecular formula is C17H26BNO4. The van der Waals surface area contributed by atoms with Crippen LogP contribution in [0.1, 0.15) is 55.0 Å². The van der Waals surface area contributed by atoms with Crippen molar-refractivity contribution < 1.29 is 19.9 Å². The van der Waals surface area contributed by atoms with Crippen molar-refractivity contribution in [3.8, 4) is 0 Å². The molecule has 1 aromatic carbocycles. The van der Waals surface area contributed by atoms with E-state index < -0.39 is 18.5 Å². The maximum atomic E-state index is 12.0. The number of rotatable bonds is 6. The highest BCUT2D eigenvalue weighted by Crippen LogP contribution is 2.47. The van der Waals surface area contributed by atoms with E-state index >= 15 is 0 Å². The fraction of sp³-hybridized carbons (Fsp3) is 0.588. The normalized spacial score (nSPS) is 24.3. The third-order valence-electron chi connectivity index (χ3n) is 5.28. The molecule has 0 aliphatic heterocycles. The van der Waals surface area contributed by atoms with Crippen molar-refractivity contribution in [2.45, 2.75) is 57.8 Å². The maximum absolute atomic E-state index is 12.0. The number of carboxylic acids is 1. The van der Waals surface area contributed by atoms with Gasteiger partial charge >= 0.3 is 13.1 Å². The minimum Gasteiger partial charge on any atom is -0.481 e. The van der Waals surface area contributed by atoms with Gasteiger partial charge in [-0.05, 0) is 68.1 Å². The quantitative estimate of drug-likeness (QED) is 0.598. The van der Waals surface area contributed by atoms with Gasteiger partial charge < -0.3 is 20.9 Å². The molecule has 0 bridgehead atoms. The Balaban J connectivity index is 2.37. The molecule has 0 fully saturated rings. The zero-order chi connectivity index (χ0) is 17.4. The molecule has 23 heavy (non-hydrogen) atoms. The molecule has 0 saturated carbocycles. The average Bonchev–Trinajstić information content (AvgIpc) is 2.71. The van der Waals surface area contributed by atoms with E-state index in [-0.39, 0.29) is 18.3 Å². The maximum Gasteiger partial charge on any atom is 0.451 e. The summed E-state index contributed by atoms with van der Waals surface area (Å²) in [6.45, 7) is 5.69. The molecular weight excluding hydrogens is 293 g/mol. The van der Waals surface area contributed by atoms with Crippen LogP contribution in [0.2, 0.25) is 6.32 Å². The minimum atomic E-state index is -1.33. The van der Waals surface area contributed by atoms with Crippen LogP contribution in [0.3, 0.4) is 0 Å². The van der Waals surface area contributed by atoms with Gasteiger partial charge in [-0.15, -0.1) is 0 Å². The summed E-state index contributed by atoms with van der Waals surface area (Å²) < 4.78 is 0. The summed E-state index contributed by atoms with van der Waals surface area (Å²) in [5.41, 5.74) is 9.09. The number of benzene rings is 1. The van der Waals surface area contributed by atoms with E-state index in [9.17, 15) is 9.90 Å². The Labute approximate surface area is 137 Å². The summed E-state index contributed by atoms with van der Waals surface area (Å²) in [5, 5.41) is 27.9. The Morgan fingerprint density at radius 2 is 2.13 bits per heavy atom. The lowest BCUT2D eigenvalue weighted by Gasteiger charge is -2.29. The van der Waals surface area contributed by atoms with Crippen LogP contribution in [-0.4, -0.2) is 28.2 Å². The number of carbonyl (C=O) groups is 1. The number of fused-ring (bicyclic) bond motifs is 1. The van der Waals surface area contributed by atoms with Gasteiger partial charge in [-0.1, -0.05) is 18.6 Å². The predicted molar refractivity (Wildman–Crippen MR) is 90.2 cm³/mol. The fourth-order valence-electron chi connectivity index (χ4n) is 3.84. The molecule has 6 heteroatoms. The Bertz CT molecular complexity index is 603. The van der Waals surface area contributed by atoms with Crippen LogP contribution in [0, 0.1) is 12.8 Å². The van der Waals surface area contributed by atoms with E-state index in [1.807, 2.05) is 19.9 Å². The van der Waals surface area contributed by atoms with Gasteiger partial charge in [-0.3, -0.25) is 4.79 Å². The van der Waals surface area contributed by atoms with Gasteiger partial charge in [0.15, 0.2) is 0 Å². The third-order valence-corrected chi connectivity index (χ3v) is 5.28.